The van der Waals surface area contributed by atoms with Crippen molar-refractivity contribution in [2.45, 2.75) is 30.7 Å². The van der Waals surface area contributed by atoms with Gasteiger partial charge in [-0.2, -0.15) is 0 Å². The molecular formula is C13H16N2O2S. The Labute approximate surface area is 107 Å². The predicted molar refractivity (Wildman–Crippen MR) is 72.6 cm³/mol. The van der Waals surface area contributed by atoms with Gasteiger partial charge in [0.25, 0.3) is 0 Å². The maximum atomic E-state index is 12.2. The molecule has 0 saturated heterocycles. The minimum absolute atomic E-state index is 0.127. The molecule has 1 aliphatic carbocycles. The molecule has 0 spiro atoms. The molecule has 1 heterocycles. The predicted octanol–water partition coefficient (Wildman–Crippen LogP) is 1.92. The smallest absolute Gasteiger partial charge is 0.236 e. The lowest BCUT2D eigenvalue weighted by Gasteiger charge is -2.29. The van der Waals surface area contributed by atoms with E-state index in [1.165, 1.54) is 0 Å². The lowest BCUT2D eigenvalue weighted by molar-refractivity contribution is 0.383. The van der Waals surface area contributed by atoms with Gasteiger partial charge in [-0.15, -0.1) is 0 Å². The third-order valence-electron chi connectivity index (χ3n) is 3.48. The van der Waals surface area contributed by atoms with E-state index in [2.05, 4.69) is 10.0 Å². The summed E-state index contributed by atoms with van der Waals surface area (Å²) in [5, 5.41) is 2.38. The van der Waals surface area contributed by atoms with Crippen molar-refractivity contribution in [2.75, 3.05) is 5.32 Å². The van der Waals surface area contributed by atoms with Crippen molar-refractivity contribution in [3.63, 3.8) is 0 Å². The number of nitrogens with one attached hydrogen (secondary N) is 2. The molecule has 18 heavy (non-hydrogen) atoms. The number of benzene rings is 1. The Kier molecular flexibility index (Phi) is 2.87. The van der Waals surface area contributed by atoms with Crippen LogP contribution >= 0.6 is 0 Å². The van der Waals surface area contributed by atoms with Crippen molar-refractivity contribution in [2.24, 2.45) is 0 Å². The first-order valence-electron chi connectivity index (χ1n) is 6.20. The van der Waals surface area contributed by atoms with Gasteiger partial charge < -0.3 is 5.32 Å². The molecular weight excluding hydrogens is 248 g/mol. The molecule has 1 fully saturated rings. The van der Waals surface area contributed by atoms with Crippen LogP contribution in [-0.4, -0.2) is 19.8 Å². The average molecular weight is 264 g/mol. The fraction of sp³-hybridized carbons (Fsp3) is 0.385. The molecule has 2 N–H and O–H groups in total. The van der Waals surface area contributed by atoms with E-state index in [-0.39, 0.29) is 6.04 Å². The molecule has 5 heteroatoms. The van der Waals surface area contributed by atoms with Crippen molar-refractivity contribution in [3.8, 4) is 0 Å². The first-order chi connectivity index (χ1) is 8.65. The Bertz CT molecular complexity index is 576. The zero-order chi connectivity index (χ0) is 12.6. The first-order valence-corrected chi connectivity index (χ1v) is 7.75. The summed E-state index contributed by atoms with van der Waals surface area (Å²) >= 11 is 0. The van der Waals surface area contributed by atoms with Gasteiger partial charge in [0.2, 0.25) is 10.0 Å². The van der Waals surface area contributed by atoms with Gasteiger partial charge in [-0.25, -0.2) is 13.1 Å². The Morgan fingerprint density at radius 1 is 1.22 bits per heavy atom. The van der Waals surface area contributed by atoms with Crippen LogP contribution in [0.15, 0.2) is 30.3 Å². The topological polar surface area (TPSA) is 58.2 Å². The van der Waals surface area contributed by atoms with E-state index in [1.807, 2.05) is 30.3 Å². The van der Waals surface area contributed by atoms with Gasteiger partial charge in [0.1, 0.15) is 0 Å². The molecule has 2 aliphatic rings. The van der Waals surface area contributed by atoms with Crippen LogP contribution in [0.1, 0.15) is 24.8 Å². The Morgan fingerprint density at radius 2 is 2.00 bits per heavy atom. The molecule has 1 unspecified atom stereocenters. The van der Waals surface area contributed by atoms with Crippen LogP contribution in [0.2, 0.25) is 0 Å². The third kappa shape index (κ3) is 2.15. The summed E-state index contributed by atoms with van der Waals surface area (Å²) < 4.78 is 27.1. The summed E-state index contributed by atoms with van der Waals surface area (Å²) in [4.78, 5) is 0. The number of para-hydroxylation sites is 1. The average Bonchev–Trinajstić information content (AvgIpc) is 2.33. The van der Waals surface area contributed by atoms with Gasteiger partial charge in [-0.05, 0) is 30.5 Å². The van der Waals surface area contributed by atoms with E-state index in [1.54, 1.807) is 6.08 Å². The molecule has 0 amide bonds. The van der Waals surface area contributed by atoms with E-state index >= 15 is 0 Å². The summed E-state index contributed by atoms with van der Waals surface area (Å²) in [6.07, 6.45) is 6.57. The fourth-order valence-electron chi connectivity index (χ4n) is 2.18. The van der Waals surface area contributed by atoms with Crippen LogP contribution in [0.4, 0.5) is 5.69 Å². The second kappa shape index (κ2) is 4.40. The largest absolute Gasteiger partial charge is 0.364 e. The minimum Gasteiger partial charge on any atom is -0.364 e. The van der Waals surface area contributed by atoms with Crippen molar-refractivity contribution >= 4 is 21.8 Å². The van der Waals surface area contributed by atoms with Crippen LogP contribution in [0.5, 0.6) is 0 Å². The molecule has 0 bridgehead atoms. The first kappa shape index (κ1) is 11.7. The quantitative estimate of drug-likeness (QED) is 0.877. The van der Waals surface area contributed by atoms with Crippen LogP contribution < -0.4 is 10.0 Å². The second-order valence-electron chi connectivity index (χ2n) is 4.80. The van der Waals surface area contributed by atoms with Crippen LogP contribution in [0.25, 0.3) is 6.08 Å². The molecule has 96 valence electrons. The Hall–Kier alpha value is -1.33. The number of hydrogen-bond donors (Lipinski definition) is 2. The molecule has 1 saturated carbocycles. The zero-order valence-corrected chi connectivity index (χ0v) is 10.8. The van der Waals surface area contributed by atoms with Gasteiger partial charge in [0, 0.05) is 11.7 Å². The molecule has 0 radical (unpaired) electrons. The maximum absolute atomic E-state index is 12.2. The van der Waals surface area contributed by atoms with Crippen molar-refractivity contribution < 1.29 is 8.42 Å². The molecule has 3 rings (SSSR count). The SMILES string of the molecule is O=S(=O)(NC1CCC1)C1C=Cc2ccccc2N1. The lowest BCUT2D eigenvalue weighted by atomic mass is 9.94. The van der Waals surface area contributed by atoms with Gasteiger partial charge in [-0.1, -0.05) is 30.7 Å². The summed E-state index contributed by atoms with van der Waals surface area (Å²) in [5.74, 6) is 0. The van der Waals surface area contributed by atoms with Crippen molar-refractivity contribution in [3.05, 3.63) is 35.9 Å². The highest BCUT2D eigenvalue weighted by molar-refractivity contribution is 7.90. The Balaban J connectivity index is 1.79. The maximum Gasteiger partial charge on any atom is 0.236 e. The normalized spacial score (nSPS) is 23.0. The van der Waals surface area contributed by atoms with E-state index in [0.717, 1.165) is 30.5 Å². The van der Waals surface area contributed by atoms with Crippen molar-refractivity contribution in [1.29, 1.82) is 0 Å². The highest BCUT2D eigenvalue weighted by Crippen LogP contribution is 2.25. The van der Waals surface area contributed by atoms with Gasteiger partial charge >= 0.3 is 0 Å². The van der Waals surface area contributed by atoms with Crippen LogP contribution in [-0.2, 0) is 10.0 Å². The van der Waals surface area contributed by atoms with E-state index in [9.17, 15) is 8.42 Å². The number of rotatable bonds is 3. The zero-order valence-electron chi connectivity index (χ0n) is 9.96. The fourth-order valence-corrected chi connectivity index (χ4v) is 3.59. The highest BCUT2D eigenvalue weighted by atomic mass is 32.2. The van der Waals surface area contributed by atoms with Crippen molar-refractivity contribution in [1.82, 2.24) is 4.72 Å². The van der Waals surface area contributed by atoms with Gasteiger partial charge in [-0.3, -0.25) is 0 Å². The van der Waals surface area contributed by atoms with E-state index < -0.39 is 15.4 Å². The molecule has 1 aromatic carbocycles. The monoisotopic (exact) mass is 264 g/mol. The standard InChI is InChI=1S/C13H16N2O2S/c16-18(17,15-11-5-3-6-11)13-9-8-10-4-1-2-7-12(10)14-13/h1-2,4,7-9,11,13-15H,3,5-6H2. The summed E-state index contributed by atoms with van der Waals surface area (Å²) in [7, 11) is -3.33. The number of anilines is 1. The van der Waals surface area contributed by atoms with Gasteiger partial charge in [0.15, 0.2) is 5.37 Å². The summed E-state index contributed by atoms with van der Waals surface area (Å²) in [6, 6.07) is 7.81. The molecule has 1 aliphatic heterocycles. The lowest BCUT2D eigenvalue weighted by Crippen LogP contribution is -2.46. The minimum atomic E-state index is -3.33. The summed E-state index contributed by atoms with van der Waals surface area (Å²) in [5.41, 5.74) is 1.89. The molecule has 4 nitrogen and oxygen atoms in total. The highest BCUT2D eigenvalue weighted by Gasteiger charge is 2.30. The molecule has 0 aromatic heterocycles. The molecule has 1 atom stereocenters. The van der Waals surface area contributed by atoms with Gasteiger partial charge in [0.05, 0.1) is 0 Å². The third-order valence-corrected chi connectivity index (χ3v) is 5.08. The van der Waals surface area contributed by atoms with E-state index in [4.69, 9.17) is 0 Å². The molecule has 1 aromatic rings. The number of fused-ring (bicyclic) bond motifs is 1. The summed E-state index contributed by atoms with van der Waals surface area (Å²) in [6.45, 7) is 0. The van der Waals surface area contributed by atoms with Crippen LogP contribution in [0.3, 0.4) is 0 Å². The van der Waals surface area contributed by atoms with Crippen LogP contribution in [0, 0.1) is 0 Å². The number of hydrogen-bond acceptors (Lipinski definition) is 3. The number of sulfonamides is 1. The van der Waals surface area contributed by atoms with E-state index in [0.29, 0.717) is 0 Å². The second-order valence-corrected chi connectivity index (χ2v) is 6.64. The Morgan fingerprint density at radius 3 is 2.72 bits per heavy atom.